The van der Waals surface area contributed by atoms with Gasteiger partial charge in [0.05, 0.1) is 0 Å². The lowest BCUT2D eigenvalue weighted by atomic mass is 10.2. The zero-order valence-electron chi connectivity index (χ0n) is 9.47. The third kappa shape index (κ3) is 2.53. The molecule has 18 heavy (non-hydrogen) atoms. The van der Waals surface area contributed by atoms with Crippen LogP contribution in [0.5, 0.6) is 0 Å². The van der Waals surface area contributed by atoms with Crippen molar-refractivity contribution in [2.45, 2.75) is 0 Å². The highest BCUT2D eigenvalue weighted by atomic mass is 19.2. The molecule has 0 unspecified atom stereocenters. The van der Waals surface area contributed by atoms with Crippen LogP contribution in [0.15, 0.2) is 30.5 Å². The number of nitrogens with one attached hydrogen (secondary N) is 2. The molecule has 6 heteroatoms. The van der Waals surface area contributed by atoms with Crippen molar-refractivity contribution in [3.8, 4) is 0 Å². The Balaban J connectivity index is 2.28. The fraction of sp³-hybridized carbons (Fsp3) is 0.0833. The van der Waals surface area contributed by atoms with Crippen molar-refractivity contribution in [1.29, 1.82) is 0 Å². The van der Waals surface area contributed by atoms with E-state index in [2.05, 4.69) is 15.6 Å². The molecule has 0 aliphatic carbocycles. The van der Waals surface area contributed by atoms with E-state index in [1.54, 1.807) is 19.2 Å². The summed E-state index contributed by atoms with van der Waals surface area (Å²) in [4.78, 5) is 3.99. The Morgan fingerprint density at radius 2 is 1.67 bits per heavy atom. The first-order valence-electron chi connectivity index (χ1n) is 5.15. The van der Waals surface area contributed by atoms with Gasteiger partial charge in [-0.15, -0.1) is 0 Å². The molecule has 0 spiro atoms. The highest BCUT2D eigenvalue weighted by Crippen LogP contribution is 2.22. The van der Waals surface area contributed by atoms with E-state index in [0.29, 0.717) is 11.5 Å². The number of benzene rings is 1. The van der Waals surface area contributed by atoms with Crippen LogP contribution in [0.3, 0.4) is 0 Å². The van der Waals surface area contributed by atoms with E-state index in [9.17, 15) is 13.2 Å². The highest BCUT2D eigenvalue weighted by molar-refractivity contribution is 5.62. The van der Waals surface area contributed by atoms with Crippen LogP contribution in [-0.4, -0.2) is 12.0 Å². The number of anilines is 3. The Bertz CT molecular complexity index is 549. The van der Waals surface area contributed by atoms with Gasteiger partial charge in [-0.3, -0.25) is 0 Å². The van der Waals surface area contributed by atoms with Gasteiger partial charge in [-0.2, -0.15) is 0 Å². The van der Waals surface area contributed by atoms with E-state index in [1.807, 2.05) is 0 Å². The molecule has 3 nitrogen and oxygen atoms in total. The topological polar surface area (TPSA) is 37.0 Å². The summed E-state index contributed by atoms with van der Waals surface area (Å²) in [5.74, 6) is -3.35. The summed E-state index contributed by atoms with van der Waals surface area (Å²) < 4.78 is 38.8. The lowest BCUT2D eigenvalue weighted by Crippen LogP contribution is -1.98. The van der Waals surface area contributed by atoms with Gasteiger partial charge in [0, 0.05) is 42.8 Å². The van der Waals surface area contributed by atoms with E-state index < -0.39 is 17.5 Å². The molecule has 1 heterocycles. The molecule has 0 radical (unpaired) electrons. The normalized spacial score (nSPS) is 10.2. The molecule has 1 aromatic heterocycles. The summed E-state index contributed by atoms with van der Waals surface area (Å²) in [7, 11) is 1.70. The van der Waals surface area contributed by atoms with Gasteiger partial charge in [-0.25, -0.2) is 18.2 Å². The first-order chi connectivity index (χ1) is 8.60. The van der Waals surface area contributed by atoms with Gasteiger partial charge in [0.1, 0.15) is 5.82 Å². The maximum Gasteiger partial charge on any atom is 0.194 e. The third-order valence-corrected chi connectivity index (χ3v) is 2.29. The smallest absolute Gasteiger partial charge is 0.194 e. The number of pyridine rings is 1. The van der Waals surface area contributed by atoms with Crippen molar-refractivity contribution in [1.82, 2.24) is 4.98 Å². The van der Waals surface area contributed by atoms with E-state index in [4.69, 9.17) is 0 Å². The van der Waals surface area contributed by atoms with Crippen LogP contribution in [0, 0.1) is 17.5 Å². The number of rotatable bonds is 3. The van der Waals surface area contributed by atoms with Crippen molar-refractivity contribution in [2.75, 3.05) is 17.7 Å². The van der Waals surface area contributed by atoms with Gasteiger partial charge in [0.15, 0.2) is 17.5 Å². The maximum absolute atomic E-state index is 13.0. The molecule has 0 aliphatic rings. The van der Waals surface area contributed by atoms with Crippen LogP contribution < -0.4 is 10.6 Å². The lowest BCUT2D eigenvalue weighted by molar-refractivity contribution is 0.448. The van der Waals surface area contributed by atoms with E-state index in [0.717, 1.165) is 12.1 Å². The van der Waals surface area contributed by atoms with Crippen LogP contribution in [0.2, 0.25) is 0 Å². The largest absolute Gasteiger partial charge is 0.373 e. The number of hydrogen-bond donors (Lipinski definition) is 2. The Morgan fingerprint density at radius 1 is 1.00 bits per heavy atom. The van der Waals surface area contributed by atoms with E-state index in [1.165, 1.54) is 6.20 Å². The van der Waals surface area contributed by atoms with Crippen LogP contribution >= 0.6 is 0 Å². The molecular formula is C12H10F3N3. The Labute approximate surface area is 102 Å². The monoisotopic (exact) mass is 253 g/mol. The molecule has 2 rings (SSSR count). The summed E-state index contributed by atoms with van der Waals surface area (Å²) in [6, 6.07) is 5.05. The van der Waals surface area contributed by atoms with Crippen molar-refractivity contribution in [3.05, 3.63) is 47.9 Å². The Morgan fingerprint density at radius 3 is 2.28 bits per heavy atom. The van der Waals surface area contributed by atoms with Gasteiger partial charge < -0.3 is 10.6 Å². The van der Waals surface area contributed by atoms with Gasteiger partial charge in [0.2, 0.25) is 0 Å². The molecule has 0 amide bonds. The van der Waals surface area contributed by atoms with E-state index in [-0.39, 0.29) is 5.69 Å². The fourth-order valence-electron chi connectivity index (χ4n) is 1.44. The van der Waals surface area contributed by atoms with Gasteiger partial charge in [0.25, 0.3) is 0 Å². The minimum Gasteiger partial charge on any atom is -0.373 e. The molecule has 0 saturated heterocycles. The molecule has 94 valence electrons. The SMILES string of the molecule is CNc1cc(Nc2cc(F)c(F)c(F)c2)ccn1. The van der Waals surface area contributed by atoms with Gasteiger partial charge in [-0.1, -0.05) is 0 Å². The number of nitrogens with zero attached hydrogens (tertiary/aromatic N) is 1. The maximum atomic E-state index is 13.0. The number of halogens is 3. The minimum atomic E-state index is -1.48. The summed E-state index contributed by atoms with van der Waals surface area (Å²) >= 11 is 0. The van der Waals surface area contributed by atoms with Crippen LogP contribution in [0.25, 0.3) is 0 Å². The number of aromatic nitrogens is 1. The predicted octanol–water partition coefficient (Wildman–Crippen LogP) is 3.28. The van der Waals surface area contributed by atoms with Crippen LogP contribution in [0.1, 0.15) is 0 Å². The molecule has 0 atom stereocenters. The van der Waals surface area contributed by atoms with Crippen LogP contribution in [-0.2, 0) is 0 Å². The lowest BCUT2D eigenvalue weighted by Gasteiger charge is -2.08. The Hall–Kier alpha value is -2.24. The molecule has 0 bridgehead atoms. The number of hydrogen-bond acceptors (Lipinski definition) is 3. The second kappa shape index (κ2) is 4.95. The fourth-order valence-corrected chi connectivity index (χ4v) is 1.44. The zero-order chi connectivity index (χ0) is 13.1. The third-order valence-electron chi connectivity index (χ3n) is 2.29. The van der Waals surface area contributed by atoms with Crippen molar-refractivity contribution in [2.24, 2.45) is 0 Å². The molecule has 2 N–H and O–H groups in total. The average Bonchev–Trinajstić information content (AvgIpc) is 2.36. The molecule has 0 fully saturated rings. The molecule has 2 aromatic rings. The van der Waals surface area contributed by atoms with Gasteiger partial charge in [-0.05, 0) is 6.07 Å². The molecule has 1 aromatic carbocycles. The quantitative estimate of drug-likeness (QED) is 0.824. The first-order valence-corrected chi connectivity index (χ1v) is 5.15. The summed E-state index contributed by atoms with van der Waals surface area (Å²) in [5, 5.41) is 5.59. The summed E-state index contributed by atoms with van der Waals surface area (Å²) in [6.07, 6.45) is 1.53. The van der Waals surface area contributed by atoms with Crippen molar-refractivity contribution in [3.63, 3.8) is 0 Å². The second-order valence-corrected chi connectivity index (χ2v) is 3.56. The first kappa shape index (κ1) is 12.2. The molecular weight excluding hydrogens is 243 g/mol. The molecule has 0 saturated carbocycles. The minimum absolute atomic E-state index is 0.125. The summed E-state index contributed by atoms with van der Waals surface area (Å²) in [6.45, 7) is 0. The Kier molecular flexibility index (Phi) is 3.36. The predicted molar refractivity (Wildman–Crippen MR) is 63.4 cm³/mol. The van der Waals surface area contributed by atoms with Crippen molar-refractivity contribution < 1.29 is 13.2 Å². The summed E-state index contributed by atoms with van der Waals surface area (Å²) in [5.41, 5.74) is 0.708. The van der Waals surface area contributed by atoms with Crippen molar-refractivity contribution >= 4 is 17.2 Å². The molecule has 0 aliphatic heterocycles. The average molecular weight is 253 g/mol. The highest BCUT2D eigenvalue weighted by Gasteiger charge is 2.10. The standard InChI is InChI=1S/C12H10F3N3/c1-16-11-6-7(2-3-17-11)18-8-4-9(13)12(15)10(14)5-8/h2-6H,1H3,(H2,16,17,18). The van der Waals surface area contributed by atoms with Crippen LogP contribution in [0.4, 0.5) is 30.4 Å². The zero-order valence-corrected chi connectivity index (χ0v) is 9.47. The van der Waals surface area contributed by atoms with E-state index >= 15 is 0 Å². The van der Waals surface area contributed by atoms with Gasteiger partial charge >= 0.3 is 0 Å². The second-order valence-electron chi connectivity index (χ2n) is 3.56.